The highest BCUT2D eigenvalue weighted by atomic mass is 28.5. The summed E-state index contributed by atoms with van der Waals surface area (Å²) in [5.41, 5.74) is 4.50. The predicted molar refractivity (Wildman–Crippen MR) is 211 cm³/mol. The summed E-state index contributed by atoms with van der Waals surface area (Å²) in [5, 5.41) is 27.7. The van der Waals surface area contributed by atoms with Gasteiger partial charge in [-0.25, -0.2) is 0 Å². The van der Waals surface area contributed by atoms with Gasteiger partial charge in [0.1, 0.15) is 12.6 Å². The maximum atomic E-state index is 10.2. The lowest BCUT2D eigenvalue weighted by Gasteiger charge is -2.38. The van der Waals surface area contributed by atoms with Crippen molar-refractivity contribution in [1.29, 1.82) is 0 Å². The second kappa shape index (κ2) is 35.0. The van der Waals surface area contributed by atoms with Crippen molar-refractivity contribution < 1.29 is 66.0 Å². The molecule has 0 saturated heterocycles. The first-order valence-corrected chi connectivity index (χ1v) is 27.7. The fourth-order valence-electron chi connectivity index (χ4n) is 4.89. The Bertz CT molecular complexity index is 798. The van der Waals surface area contributed by atoms with Gasteiger partial charge in [0.25, 0.3) is 0 Å². The minimum Gasteiger partial charge on any atom is -0.550 e. The Morgan fingerprint density at radius 1 is 0.654 bits per heavy atom. The Hall–Kier alpha value is -0.399. The van der Waals surface area contributed by atoms with Gasteiger partial charge >= 0.3 is 8.56 Å². The van der Waals surface area contributed by atoms with Gasteiger partial charge in [-0.05, 0) is 85.1 Å². The van der Waals surface area contributed by atoms with E-state index in [4.69, 9.17) is 56.4 Å². The topological polar surface area (TPSA) is 190 Å². The number of quaternary nitrogens is 1. The number of likely N-dealkylation sites (N-methyl/N-ethyl adjacent to an activating group) is 1. The van der Waals surface area contributed by atoms with E-state index < -0.39 is 37.3 Å². The largest absolute Gasteiger partial charge is 0.550 e. The smallest absolute Gasteiger partial charge is 0.311 e. The molecule has 4 N–H and O–H groups in total. The Kier molecular flexibility index (Phi) is 37.7. The molecule has 0 aliphatic rings. The molecule has 15 nitrogen and oxygen atoms in total. The van der Waals surface area contributed by atoms with E-state index in [-0.39, 0.29) is 6.61 Å². The van der Waals surface area contributed by atoms with Gasteiger partial charge < -0.3 is 71.7 Å². The number of aliphatic carboxylic acids is 1. The third kappa shape index (κ3) is 44.0. The average Bonchev–Trinajstić information content (AvgIpc) is 3.03. The molecule has 0 fully saturated rings. The van der Waals surface area contributed by atoms with Crippen LogP contribution in [0.3, 0.4) is 0 Å². The minimum atomic E-state index is -2.26. The summed E-state index contributed by atoms with van der Waals surface area (Å²) in [6.07, 6.45) is 1.47. The number of aliphatic hydroxyl groups excluding tert-OH is 2. The second-order valence-electron chi connectivity index (χ2n) is 14.4. The van der Waals surface area contributed by atoms with Crippen molar-refractivity contribution >= 4 is 31.2 Å². The first kappa shape index (κ1) is 55.9. The van der Waals surface area contributed by atoms with Crippen molar-refractivity contribution in [2.24, 2.45) is 5.73 Å². The monoisotopic (exact) mass is 808 g/mol. The number of carboxylic acids is 1. The van der Waals surface area contributed by atoms with E-state index in [1.54, 1.807) is 0 Å². The van der Waals surface area contributed by atoms with Crippen molar-refractivity contribution in [2.75, 3.05) is 133 Å². The van der Waals surface area contributed by atoms with Crippen molar-refractivity contribution in [3.05, 3.63) is 0 Å². The molecule has 0 rings (SSSR count). The molecule has 0 aromatic carbocycles. The molecule has 0 aromatic heterocycles. The molecule has 0 aliphatic carbocycles. The first-order chi connectivity index (χ1) is 24.4. The highest BCUT2D eigenvalue weighted by Crippen LogP contribution is 2.26. The molecule has 18 heteroatoms. The number of aliphatic hydroxyl groups is 2. The van der Waals surface area contributed by atoms with Crippen LogP contribution in [0.4, 0.5) is 0 Å². The van der Waals surface area contributed by atoms with Gasteiger partial charge in [-0.15, -0.1) is 0 Å². The van der Waals surface area contributed by atoms with Gasteiger partial charge in [-0.2, -0.15) is 0 Å². The van der Waals surface area contributed by atoms with Crippen LogP contribution in [0.15, 0.2) is 0 Å². The summed E-state index contributed by atoms with van der Waals surface area (Å²) in [6.45, 7) is 25.5. The Morgan fingerprint density at radius 3 is 1.29 bits per heavy atom. The van der Waals surface area contributed by atoms with E-state index in [9.17, 15) is 5.11 Å². The molecule has 1 unspecified atom stereocenters. The van der Waals surface area contributed by atoms with Crippen LogP contribution >= 0.6 is 0 Å². The zero-order valence-corrected chi connectivity index (χ0v) is 37.8. The quantitative estimate of drug-likeness (QED) is 0.0485. The van der Waals surface area contributed by atoms with Crippen LogP contribution in [0.1, 0.15) is 26.7 Å². The normalized spacial score (nSPS) is 12.9. The number of nitrogens with two attached hydrogens (primary N) is 1. The van der Waals surface area contributed by atoms with Crippen molar-refractivity contribution in [3.63, 3.8) is 0 Å². The van der Waals surface area contributed by atoms with E-state index in [1.807, 2.05) is 0 Å². The molecule has 0 spiro atoms. The zero-order valence-electron chi connectivity index (χ0n) is 34.8. The molecular formula is C34H80N2O13Si3. The molecule has 0 saturated carbocycles. The lowest BCUT2D eigenvalue weighted by Crippen LogP contribution is -2.52. The number of carbonyl (C=O) groups is 1. The van der Waals surface area contributed by atoms with Crippen LogP contribution in [-0.4, -0.2) is 185 Å². The fraction of sp³-hybridized carbons (Fsp3) is 0.971. The Labute approximate surface area is 319 Å². The molecule has 0 heterocycles. The lowest BCUT2D eigenvalue weighted by atomic mass is 10.3. The third-order valence-corrected chi connectivity index (χ3v) is 18.6. The number of ether oxygens (including phenoxy) is 7. The van der Waals surface area contributed by atoms with Crippen LogP contribution in [0.2, 0.25) is 51.4 Å². The summed E-state index contributed by atoms with van der Waals surface area (Å²) in [6, 6.07) is 2.04. The van der Waals surface area contributed by atoms with Gasteiger partial charge in [0, 0.05) is 19.2 Å². The number of carbonyl (C=O) groups excluding carboxylic acids is 1. The lowest BCUT2D eigenvalue weighted by molar-refractivity contribution is -0.891. The molecule has 0 aliphatic heterocycles. The molecular weight excluding hydrogens is 729 g/mol. The highest BCUT2D eigenvalue weighted by Gasteiger charge is 2.39. The summed E-state index contributed by atoms with van der Waals surface area (Å²) in [7, 11) is -0.294. The summed E-state index contributed by atoms with van der Waals surface area (Å²) in [4.78, 5) is 8.89. The van der Waals surface area contributed by atoms with Crippen LogP contribution in [0.25, 0.3) is 0 Å². The van der Waals surface area contributed by atoms with E-state index in [2.05, 4.69) is 66.0 Å². The Balaban J connectivity index is -0.00000372. The molecule has 0 aromatic rings. The number of carboxylic acid groups (broad SMARTS) is 1. The van der Waals surface area contributed by atoms with Gasteiger partial charge in [0.15, 0.2) is 16.6 Å². The van der Waals surface area contributed by atoms with Crippen LogP contribution in [0, 0.1) is 0 Å². The van der Waals surface area contributed by atoms with Crippen molar-refractivity contribution in [1.82, 2.24) is 0 Å². The van der Waals surface area contributed by atoms with Gasteiger partial charge in [0.05, 0.1) is 107 Å². The van der Waals surface area contributed by atoms with E-state index >= 15 is 0 Å². The zero-order chi connectivity index (χ0) is 40.4. The van der Waals surface area contributed by atoms with Gasteiger partial charge in [-0.3, -0.25) is 0 Å². The van der Waals surface area contributed by atoms with Crippen molar-refractivity contribution in [3.8, 4) is 0 Å². The van der Waals surface area contributed by atoms with Gasteiger partial charge in [0.2, 0.25) is 0 Å². The molecule has 316 valence electrons. The summed E-state index contributed by atoms with van der Waals surface area (Å²) < 4.78 is 52.8. The van der Waals surface area contributed by atoms with Crippen LogP contribution in [0.5, 0.6) is 0 Å². The predicted octanol–water partition coefficient (Wildman–Crippen LogP) is 1.81. The number of rotatable bonds is 34. The van der Waals surface area contributed by atoms with Crippen molar-refractivity contribution in [2.45, 2.75) is 84.2 Å². The third-order valence-electron chi connectivity index (χ3n) is 7.15. The fourth-order valence-corrected chi connectivity index (χ4v) is 18.9. The maximum absolute atomic E-state index is 10.2. The summed E-state index contributed by atoms with van der Waals surface area (Å²) in [5.74, 6) is -1.08. The molecule has 0 bridgehead atoms. The molecule has 0 amide bonds. The number of nitrogens with zero attached hydrogens (tertiary/aromatic N) is 1. The first-order valence-electron chi connectivity index (χ1n) is 18.7. The number of hydrogen-bond donors (Lipinski definition) is 3. The van der Waals surface area contributed by atoms with Crippen LogP contribution in [-0.2, 0) is 46.2 Å². The second-order valence-corrected chi connectivity index (χ2v) is 26.9. The SMILES string of the molecule is CC(=O)[O-].CC[N+](C)(C)CC(O)COCCC[Si](C)(C)O[Si](C)(C)O[Si](C)(C)CCCOCCOCCOCCOCCOCCOCCO.CN. The standard InChI is InChI=1S/C31H72NO11Si3.C2H4O2.CH5N/c1-10-32(2,3)29-31(34)30-41-15-12-28-45(6,7)43-46(8,9)42-44(4,5)27-11-14-35-17-19-37-21-23-39-25-26-40-24-22-38-20-18-36-16-13-33;1-2(3)4;1-2/h31,33-34H,10-30H2,1-9H3;1H3,(H,3,4);2H2,1H3/q+1;;/p-1. The van der Waals surface area contributed by atoms with Gasteiger partial charge in [-0.1, -0.05) is 0 Å². The number of hydrogen-bond acceptors (Lipinski definition) is 14. The van der Waals surface area contributed by atoms with E-state index in [0.717, 1.165) is 42.9 Å². The maximum Gasteiger partial charge on any atom is 0.311 e. The van der Waals surface area contributed by atoms with E-state index in [0.29, 0.717) is 99.0 Å². The van der Waals surface area contributed by atoms with Crippen LogP contribution < -0.4 is 10.8 Å². The Morgan fingerprint density at radius 2 is 0.962 bits per heavy atom. The summed E-state index contributed by atoms with van der Waals surface area (Å²) >= 11 is 0. The molecule has 52 heavy (non-hydrogen) atoms. The molecule has 0 radical (unpaired) electrons. The minimum absolute atomic E-state index is 0.0286. The van der Waals surface area contributed by atoms with E-state index in [1.165, 1.54) is 7.05 Å². The highest BCUT2D eigenvalue weighted by molar-refractivity contribution is 6.87. The average molecular weight is 809 g/mol. The molecule has 1 atom stereocenters.